The molecule has 0 aromatic carbocycles. The third-order valence-electron chi connectivity index (χ3n) is 3.04. The van der Waals surface area contributed by atoms with E-state index in [1.165, 1.54) is 19.6 Å². The first kappa shape index (κ1) is 11.0. The fraction of sp³-hybridized carbons (Fsp3) is 1.00. The van der Waals surface area contributed by atoms with Gasteiger partial charge in [0.2, 0.25) is 0 Å². The van der Waals surface area contributed by atoms with E-state index >= 15 is 0 Å². The minimum atomic E-state index is 0.509. The molecule has 0 aliphatic carbocycles. The molecule has 2 nitrogen and oxygen atoms in total. The van der Waals surface area contributed by atoms with Gasteiger partial charge in [-0.05, 0) is 17.9 Å². The van der Waals surface area contributed by atoms with Crippen LogP contribution in [0.1, 0.15) is 27.7 Å². The second-order valence-corrected chi connectivity index (χ2v) is 5.18. The van der Waals surface area contributed by atoms with Gasteiger partial charge in [0.05, 0.1) is 0 Å². The zero-order valence-electron chi connectivity index (χ0n) is 9.56. The maximum Gasteiger partial charge on any atom is 0.0107 e. The van der Waals surface area contributed by atoms with Crippen molar-refractivity contribution in [2.24, 2.45) is 11.3 Å². The minimum Gasteiger partial charge on any atom is -0.316 e. The highest BCUT2D eigenvalue weighted by molar-refractivity contribution is 4.87. The van der Waals surface area contributed by atoms with E-state index in [4.69, 9.17) is 0 Å². The molecule has 0 unspecified atom stereocenters. The molecule has 0 amide bonds. The third-order valence-corrected chi connectivity index (χ3v) is 3.04. The molecule has 0 radical (unpaired) electrons. The van der Waals surface area contributed by atoms with Crippen LogP contribution in [0.2, 0.25) is 0 Å². The molecule has 1 rings (SSSR count). The summed E-state index contributed by atoms with van der Waals surface area (Å²) >= 11 is 0. The van der Waals surface area contributed by atoms with Gasteiger partial charge in [0.1, 0.15) is 0 Å². The SMILES string of the molecule is CCNCCN1CC(C(C)(C)C)C1. The molecular formula is C11H24N2. The Morgan fingerprint density at radius 1 is 1.31 bits per heavy atom. The molecule has 1 aliphatic rings. The Hall–Kier alpha value is -0.0800. The standard InChI is InChI=1S/C11H24N2/c1-5-12-6-7-13-8-10(9-13)11(2,3)4/h10,12H,5-9H2,1-4H3. The Balaban J connectivity index is 2.05. The van der Waals surface area contributed by atoms with Crippen molar-refractivity contribution in [3.05, 3.63) is 0 Å². The highest BCUT2D eigenvalue weighted by atomic mass is 15.2. The summed E-state index contributed by atoms with van der Waals surface area (Å²) in [5, 5.41) is 3.36. The molecule has 0 aromatic heterocycles. The summed E-state index contributed by atoms with van der Waals surface area (Å²) in [6.45, 7) is 15.3. The van der Waals surface area contributed by atoms with Gasteiger partial charge in [-0.1, -0.05) is 27.7 Å². The zero-order chi connectivity index (χ0) is 9.90. The summed E-state index contributed by atoms with van der Waals surface area (Å²) in [5.74, 6) is 0.911. The Morgan fingerprint density at radius 3 is 2.38 bits per heavy atom. The van der Waals surface area contributed by atoms with Crippen molar-refractivity contribution in [3.8, 4) is 0 Å². The zero-order valence-corrected chi connectivity index (χ0v) is 9.56. The number of likely N-dealkylation sites (tertiary alicyclic amines) is 1. The largest absolute Gasteiger partial charge is 0.316 e. The van der Waals surface area contributed by atoms with Crippen LogP contribution < -0.4 is 5.32 Å². The average Bonchev–Trinajstić information content (AvgIpc) is 1.91. The molecule has 78 valence electrons. The molecule has 1 saturated heterocycles. The number of hydrogen-bond acceptors (Lipinski definition) is 2. The van der Waals surface area contributed by atoms with Crippen LogP contribution in [-0.2, 0) is 0 Å². The normalized spacial score (nSPS) is 20.3. The first-order valence-corrected chi connectivity index (χ1v) is 5.47. The number of rotatable bonds is 4. The minimum absolute atomic E-state index is 0.509. The Kier molecular flexibility index (Phi) is 3.74. The number of nitrogens with zero attached hydrogens (tertiary/aromatic N) is 1. The Morgan fingerprint density at radius 2 is 1.92 bits per heavy atom. The summed E-state index contributed by atoms with van der Waals surface area (Å²) < 4.78 is 0. The molecule has 13 heavy (non-hydrogen) atoms. The van der Waals surface area contributed by atoms with Gasteiger partial charge in [0.25, 0.3) is 0 Å². The molecule has 2 heteroatoms. The summed E-state index contributed by atoms with van der Waals surface area (Å²) in [5.41, 5.74) is 0.509. The van der Waals surface area contributed by atoms with Crippen molar-refractivity contribution in [2.75, 3.05) is 32.7 Å². The van der Waals surface area contributed by atoms with Crippen molar-refractivity contribution in [3.63, 3.8) is 0 Å². The summed E-state index contributed by atoms with van der Waals surface area (Å²) in [6.07, 6.45) is 0. The molecule has 1 fully saturated rings. The van der Waals surface area contributed by atoms with E-state index in [1.807, 2.05) is 0 Å². The van der Waals surface area contributed by atoms with E-state index in [9.17, 15) is 0 Å². The van der Waals surface area contributed by atoms with Crippen molar-refractivity contribution >= 4 is 0 Å². The van der Waals surface area contributed by atoms with Crippen LogP contribution in [0.4, 0.5) is 0 Å². The van der Waals surface area contributed by atoms with Gasteiger partial charge in [-0.2, -0.15) is 0 Å². The van der Waals surface area contributed by atoms with E-state index in [2.05, 4.69) is 37.9 Å². The van der Waals surface area contributed by atoms with E-state index < -0.39 is 0 Å². The lowest BCUT2D eigenvalue weighted by Gasteiger charge is -2.46. The molecule has 1 heterocycles. The fourth-order valence-electron chi connectivity index (χ4n) is 1.71. The van der Waals surface area contributed by atoms with Crippen LogP contribution in [0, 0.1) is 11.3 Å². The van der Waals surface area contributed by atoms with Gasteiger partial charge in [-0.3, -0.25) is 0 Å². The second kappa shape index (κ2) is 4.43. The van der Waals surface area contributed by atoms with Gasteiger partial charge in [0.15, 0.2) is 0 Å². The summed E-state index contributed by atoms with van der Waals surface area (Å²) in [7, 11) is 0. The van der Waals surface area contributed by atoms with Crippen molar-refractivity contribution in [2.45, 2.75) is 27.7 Å². The highest BCUT2D eigenvalue weighted by Crippen LogP contribution is 2.32. The maximum atomic E-state index is 3.36. The number of nitrogens with one attached hydrogen (secondary N) is 1. The second-order valence-electron chi connectivity index (χ2n) is 5.18. The quantitative estimate of drug-likeness (QED) is 0.667. The number of likely N-dealkylation sites (N-methyl/N-ethyl adjacent to an activating group) is 1. The molecule has 0 spiro atoms. The van der Waals surface area contributed by atoms with Crippen molar-refractivity contribution in [1.29, 1.82) is 0 Å². The Labute approximate surface area is 82.7 Å². The van der Waals surface area contributed by atoms with E-state index in [0.29, 0.717) is 5.41 Å². The molecule has 0 saturated carbocycles. The summed E-state index contributed by atoms with van der Waals surface area (Å²) in [6, 6.07) is 0. The van der Waals surface area contributed by atoms with Crippen LogP contribution in [0.15, 0.2) is 0 Å². The van der Waals surface area contributed by atoms with Crippen LogP contribution in [0.25, 0.3) is 0 Å². The van der Waals surface area contributed by atoms with Gasteiger partial charge in [0, 0.05) is 26.2 Å². The van der Waals surface area contributed by atoms with Crippen molar-refractivity contribution in [1.82, 2.24) is 10.2 Å². The van der Waals surface area contributed by atoms with E-state index in [0.717, 1.165) is 19.0 Å². The molecule has 1 aliphatic heterocycles. The molecular weight excluding hydrogens is 160 g/mol. The van der Waals surface area contributed by atoms with Gasteiger partial charge >= 0.3 is 0 Å². The smallest absolute Gasteiger partial charge is 0.0107 e. The van der Waals surface area contributed by atoms with Gasteiger partial charge in [-0.25, -0.2) is 0 Å². The monoisotopic (exact) mass is 184 g/mol. The third kappa shape index (κ3) is 3.28. The van der Waals surface area contributed by atoms with Crippen LogP contribution in [0.3, 0.4) is 0 Å². The Bertz CT molecular complexity index is 143. The van der Waals surface area contributed by atoms with E-state index in [1.54, 1.807) is 0 Å². The first-order chi connectivity index (χ1) is 6.04. The molecule has 0 bridgehead atoms. The fourth-order valence-corrected chi connectivity index (χ4v) is 1.71. The van der Waals surface area contributed by atoms with Crippen LogP contribution in [0.5, 0.6) is 0 Å². The summed E-state index contributed by atoms with van der Waals surface area (Å²) in [4.78, 5) is 2.54. The van der Waals surface area contributed by atoms with Gasteiger partial charge < -0.3 is 10.2 Å². The topological polar surface area (TPSA) is 15.3 Å². The lowest BCUT2D eigenvalue weighted by molar-refractivity contribution is 0.0260. The lowest BCUT2D eigenvalue weighted by atomic mass is 9.76. The van der Waals surface area contributed by atoms with E-state index in [-0.39, 0.29) is 0 Å². The molecule has 1 N–H and O–H groups in total. The lowest BCUT2D eigenvalue weighted by Crippen LogP contribution is -2.53. The van der Waals surface area contributed by atoms with Crippen LogP contribution >= 0.6 is 0 Å². The van der Waals surface area contributed by atoms with Gasteiger partial charge in [-0.15, -0.1) is 0 Å². The molecule has 0 atom stereocenters. The average molecular weight is 184 g/mol. The first-order valence-electron chi connectivity index (χ1n) is 5.47. The van der Waals surface area contributed by atoms with Crippen LogP contribution in [-0.4, -0.2) is 37.6 Å². The predicted octanol–water partition coefficient (Wildman–Crippen LogP) is 1.57. The highest BCUT2D eigenvalue weighted by Gasteiger charge is 2.34. The number of hydrogen-bond donors (Lipinski definition) is 1. The molecule has 0 aromatic rings. The maximum absolute atomic E-state index is 3.36. The predicted molar refractivity (Wildman–Crippen MR) is 57.9 cm³/mol. The van der Waals surface area contributed by atoms with Crippen molar-refractivity contribution < 1.29 is 0 Å².